The van der Waals surface area contributed by atoms with E-state index >= 15 is 0 Å². The summed E-state index contributed by atoms with van der Waals surface area (Å²) in [7, 11) is 4.03. The van der Waals surface area contributed by atoms with Crippen molar-refractivity contribution in [3.05, 3.63) is 71.8 Å². The maximum Gasteiger partial charge on any atom is 0.0595 e. The van der Waals surface area contributed by atoms with E-state index in [9.17, 15) is 5.11 Å². The van der Waals surface area contributed by atoms with Gasteiger partial charge in [0.05, 0.1) is 6.61 Å². The fraction of sp³-hybridized carbons (Fsp3) is 0.294. The van der Waals surface area contributed by atoms with Gasteiger partial charge in [0.15, 0.2) is 0 Å². The summed E-state index contributed by atoms with van der Waals surface area (Å²) in [6.45, 7) is 0.140. The van der Waals surface area contributed by atoms with Crippen molar-refractivity contribution in [1.29, 1.82) is 0 Å². The highest BCUT2D eigenvalue weighted by Crippen LogP contribution is 2.29. The van der Waals surface area contributed by atoms with Crippen molar-refractivity contribution in [3.63, 3.8) is 0 Å². The van der Waals surface area contributed by atoms with E-state index in [1.54, 1.807) is 0 Å². The molecule has 19 heavy (non-hydrogen) atoms. The van der Waals surface area contributed by atoms with E-state index in [2.05, 4.69) is 53.4 Å². The van der Waals surface area contributed by atoms with E-state index < -0.39 is 0 Å². The maximum absolute atomic E-state index is 9.75. The molecule has 0 saturated heterocycles. The fourth-order valence-corrected chi connectivity index (χ4v) is 2.52. The van der Waals surface area contributed by atoms with E-state index in [1.807, 2.05) is 26.2 Å². The Morgan fingerprint density at radius 3 is 1.58 bits per heavy atom. The van der Waals surface area contributed by atoms with Crippen LogP contribution in [0.25, 0.3) is 0 Å². The van der Waals surface area contributed by atoms with Crippen molar-refractivity contribution in [2.24, 2.45) is 0 Å². The molecule has 0 saturated carbocycles. The van der Waals surface area contributed by atoms with Crippen molar-refractivity contribution in [2.45, 2.75) is 12.0 Å². The lowest BCUT2D eigenvalue weighted by Gasteiger charge is -2.31. The SMILES string of the molecule is CN(C)C(CO)C(c1ccccc1)c1ccccc1. The molecule has 0 aliphatic carbocycles. The molecule has 2 nitrogen and oxygen atoms in total. The van der Waals surface area contributed by atoms with Crippen molar-refractivity contribution in [2.75, 3.05) is 20.7 Å². The molecular weight excluding hydrogens is 234 g/mol. The van der Waals surface area contributed by atoms with Crippen LogP contribution in [-0.4, -0.2) is 36.8 Å². The second kappa shape index (κ2) is 6.50. The molecule has 1 N–H and O–H groups in total. The summed E-state index contributed by atoms with van der Waals surface area (Å²) in [5.41, 5.74) is 2.47. The first-order valence-electron chi connectivity index (χ1n) is 6.61. The normalized spacial score (nSPS) is 12.9. The number of benzene rings is 2. The predicted octanol–water partition coefficient (Wildman–Crippen LogP) is 2.74. The number of hydrogen-bond donors (Lipinski definition) is 1. The lowest BCUT2D eigenvalue weighted by atomic mass is 9.85. The lowest BCUT2D eigenvalue weighted by Crippen LogP contribution is -2.37. The Hall–Kier alpha value is -1.64. The summed E-state index contributed by atoms with van der Waals surface area (Å²) >= 11 is 0. The van der Waals surface area contributed by atoms with Crippen LogP contribution in [0.1, 0.15) is 17.0 Å². The van der Waals surface area contributed by atoms with E-state index in [1.165, 1.54) is 11.1 Å². The standard InChI is InChI=1S/C17H21NO/c1-18(2)16(13-19)17(14-9-5-3-6-10-14)15-11-7-4-8-12-15/h3-12,16-17,19H,13H2,1-2H3. The number of aliphatic hydroxyl groups excluding tert-OH is 1. The van der Waals surface area contributed by atoms with Gasteiger partial charge in [0, 0.05) is 12.0 Å². The summed E-state index contributed by atoms with van der Waals surface area (Å²) in [6, 6.07) is 20.8. The summed E-state index contributed by atoms with van der Waals surface area (Å²) in [5.74, 6) is 0.183. The molecule has 2 aromatic rings. The highest BCUT2D eigenvalue weighted by Gasteiger charge is 2.25. The minimum Gasteiger partial charge on any atom is -0.395 e. The Morgan fingerprint density at radius 1 is 0.842 bits per heavy atom. The first-order valence-corrected chi connectivity index (χ1v) is 6.61. The number of likely N-dealkylation sites (N-methyl/N-ethyl adjacent to an activating group) is 1. The van der Waals surface area contributed by atoms with Gasteiger partial charge in [-0.3, -0.25) is 0 Å². The van der Waals surface area contributed by atoms with Crippen LogP contribution in [0.5, 0.6) is 0 Å². The third-order valence-electron chi connectivity index (χ3n) is 3.55. The molecule has 0 bridgehead atoms. The summed E-state index contributed by atoms with van der Waals surface area (Å²) in [4.78, 5) is 2.09. The van der Waals surface area contributed by atoms with Gasteiger partial charge in [0.2, 0.25) is 0 Å². The Labute approximate surface area is 115 Å². The van der Waals surface area contributed by atoms with Gasteiger partial charge in [-0.1, -0.05) is 60.7 Å². The Balaban J connectivity index is 2.45. The number of aliphatic hydroxyl groups is 1. The molecule has 1 unspecified atom stereocenters. The van der Waals surface area contributed by atoms with E-state index in [0.29, 0.717) is 0 Å². The lowest BCUT2D eigenvalue weighted by molar-refractivity contribution is 0.156. The zero-order chi connectivity index (χ0) is 13.7. The second-order valence-corrected chi connectivity index (χ2v) is 5.01. The van der Waals surface area contributed by atoms with Crippen molar-refractivity contribution >= 4 is 0 Å². The molecule has 0 aliphatic heterocycles. The van der Waals surface area contributed by atoms with Crippen LogP contribution in [0.3, 0.4) is 0 Å². The largest absolute Gasteiger partial charge is 0.395 e. The minimum atomic E-state index is 0.0739. The summed E-state index contributed by atoms with van der Waals surface area (Å²) in [5, 5.41) is 9.75. The molecule has 0 heterocycles. The van der Waals surface area contributed by atoms with Crippen LogP contribution in [0.4, 0.5) is 0 Å². The third-order valence-corrected chi connectivity index (χ3v) is 3.55. The van der Waals surface area contributed by atoms with Gasteiger partial charge in [0.25, 0.3) is 0 Å². The van der Waals surface area contributed by atoms with Crippen molar-refractivity contribution in [3.8, 4) is 0 Å². The Bertz CT molecular complexity index is 442. The van der Waals surface area contributed by atoms with Gasteiger partial charge < -0.3 is 10.0 Å². The molecule has 1 atom stereocenters. The highest BCUT2D eigenvalue weighted by molar-refractivity contribution is 5.34. The molecule has 0 aromatic heterocycles. The van der Waals surface area contributed by atoms with E-state index in [0.717, 1.165) is 0 Å². The third kappa shape index (κ3) is 3.22. The Morgan fingerprint density at radius 2 is 1.26 bits per heavy atom. The number of hydrogen-bond acceptors (Lipinski definition) is 2. The maximum atomic E-state index is 9.75. The van der Waals surface area contributed by atoms with Crippen LogP contribution in [0, 0.1) is 0 Å². The molecule has 2 aromatic carbocycles. The topological polar surface area (TPSA) is 23.5 Å². The zero-order valence-electron chi connectivity index (χ0n) is 11.5. The average molecular weight is 255 g/mol. The summed E-state index contributed by atoms with van der Waals surface area (Å²) in [6.07, 6.45) is 0. The van der Waals surface area contributed by atoms with Crippen LogP contribution in [0.15, 0.2) is 60.7 Å². The minimum absolute atomic E-state index is 0.0739. The van der Waals surface area contributed by atoms with Gasteiger partial charge in [-0.15, -0.1) is 0 Å². The summed E-state index contributed by atoms with van der Waals surface area (Å²) < 4.78 is 0. The van der Waals surface area contributed by atoms with Gasteiger partial charge in [-0.25, -0.2) is 0 Å². The predicted molar refractivity (Wildman–Crippen MR) is 79.3 cm³/mol. The molecular formula is C17H21NO. The second-order valence-electron chi connectivity index (χ2n) is 5.01. The molecule has 0 spiro atoms. The number of rotatable bonds is 5. The monoisotopic (exact) mass is 255 g/mol. The molecule has 0 radical (unpaired) electrons. The first kappa shape index (κ1) is 13.8. The quantitative estimate of drug-likeness (QED) is 0.888. The average Bonchev–Trinajstić information content (AvgIpc) is 2.46. The van der Waals surface area contributed by atoms with Gasteiger partial charge in [-0.2, -0.15) is 0 Å². The fourth-order valence-electron chi connectivity index (χ4n) is 2.52. The van der Waals surface area contributed by atoms with Gasteiger partial charge >= 0.3 is 0 Å². The molecule has 0 fully saturated rings. The van der Waals surface area contributed by atoms with Gasteiger partial charge in [-0.05, 0) is 25.2 Å². The highest BCUT2D eigenvalue weighted by atomic mass is 16.3. The van der Waals surface area contributed by atoms with Crippen LogP contribution in [0.2, 0.25) is 0 Å². The molecule has 100 valence electrons. The van der Waals surface area contributed by atoms with Crippen molar-refractivity contribution in [1.82, 2.24) is 4.90 Å². The zero-order valence-corrected chi connectivity index (χ0v) is 11.5. The van der Waals surface area contributed by atoms with Crippen LogP contribution < -0.4 is 0 Å². The molecule has 2 heteroatoms. The smallest absolute Gasteiger partial charge is 0.0595 e. The van der Waals surface area contributed by atoms with E-state index in [-0.39, 0.29) is 18.6 Å². The van der Waals surface area contributed by atoms with Crippen LogP contribution in [-0.2, 0) is 0 Å². The Kier molecular flexibility index (Phi) is 4.72. The molecule has 2 rings (SSSR count). The number of nitrogens with zero attached hydrogens (tertiary/aromatic N) is 1. The molecule has 0 amide bonds. The van der Waals surface area contributed by atoms with E-state index in [4.69, 9.17) is 0 Å². The van der Waals surface area contributed by atoms with Crippen LogP contribution >= 0.6 is 0 Å². The molecule has 0 aliphatic rings. The first-order chi connectivity index (χ1) is 9.24. The van der Waals surface area contributed by atoms with Crippen molar-refractivity contribution < 1.29 is 5.11 Å². The van der Waals surface area contributed by atoms with Gasteiger partial charge in [0.1, 0.15) is 0 Å².